The van der Waals surface area contributed by atoms with Crippen LogP contribution in [0.5, 0.6) is 0 Å². The Morgan fingerprint density at radius 1 is 1.23 bits per heavy atom. The van der Waals surface area contributed by atoms with E-state index >= 15 is 0 Å². The molecule has 0 saturated carbocycles. The number of carbonyl (C=O) groups excluding carboxylic acids is 1. The number of amides is 1. The van der Waals surface area contributed by atoms with Crippen LogP contribution in [-0.4, -0.2) is 20.6 Å². The topological polar surface area (TPSA) is 87.0 Å². The first-order chi connectivity index (χ1) is 10.4. The minimum atomic E-state index is -3.23. The van der Waals surface area contributed by atoms with Gasteiger partial charge >= 0.3 is 0 Å². The summed E-state index contributed by atoms with van der Waals surface area (Å²) < 4.78 is 22.8. The van der Waals surface area contributed by atoms with Crippen LogP contribution in [0.1, 0.15) is 31.2 Å². The highest BCUT2D eigenvalue weighted by Crippen LogP contribution is 2.22. The predicted octanol–water partition coefficient (Wildman–Crippen LogP) is 2.10. The summed E-state index contributed by atoms with van der Waals surface area (Å²) in [5, 5.41) is 11.9. The first-order valence-electron chi connectivity index (χ1n) is 7.11. The van der Waals surface area contributed by atoms with Crippen LogP contribution in [0, 0.1) is 11.3 Å². The van der Waals surface area contributed by atoms with E-state index in [0.717, 1.165) is 43.2 Å². The average molecular weight is 318 g/mol. The SMILES string of the molecule is CS(=O)(=O)c1ccc(CC(=O)NC2=C(C#N)CCCC2)cc1. The van der Waals surface area contributed by atoms with E-state index in [1.54, 1.807) is 12.1 Å². The van der Waals surface area contributed by atoms with E-state index in [0.29, 0.717) is 5.57 Å². The molecule has 116 valence electrons. The molecule has 5 nitrogen and oxygen atoms in total. The molecule has 0 spiro atoms. The van der Waals surface area contributed by atoms with Gasteiger partial charge in [-0.2, -0.15) is 5.26 Å². The summed E-state index contributed by atoms with van der Waals surface area (Å²) in [4.78, 5) is 12.3. The second-order valence-corrected chi connectivity index (χ2v) is 7.43. The molecule has 0 bridgehead atoms. The van der Waals surface area contributed by atoms with Gasteiger partial charge in [0.05, 0.1) is 17.4 Å². The molecule has 2 rings (SSSR count). The monoisotopic (exact) mass is 318 g/mol. The minimum absolute atomic E-state index is 0.159. The number of sulfone groups is 1. The van der Waals surface area contributed by atoms with Crippen molar-refractivity contribution in [2.24, 2.45) is 0 Å². The number of carbonyl (C=O) groups is 1. The van der Waals surface area contributed by atoms with Crippen molar-refractivity contribution >= 4 is 15.7 Å². The maximum absolute atomic E-state index is 12.1. The van der Waals surface area contributed by atoms with Gasteiger partial charge in [-0.25, -0.2) is 8.42 Å². The third kappa shape index (κ3) is 4.18. The van der Waals surface area contributed by atoms with Crippen LogP contribution < -0.4 is 5.32 Å². The Kier molecular flexibility index (Phi) is 4.99. The van der Waals surface area contributed by atoms with Crippen molar-refractivity contribution in [1.82, 2.24) is 5.32 Å². The second kappa shape index (κ2) is 6.75. The zero-order chi connectivity index (χ0) is 16.2. The Bertz CT molecular complexity index is 741. The number of hydrogen-bond acceptors (Lipinski definition) is 4. The van der Waals surface area contributed by atoms with Gasteiger partial charge in [0.1, 0.15) is 0 Å². The summed E-state index contributed by atoms with van der Waals surface area (Å²) in [6.45, 7) is 0. The van der Waals surface area contributed by atoms with E-state index in [2.05, 4.69) is 11.4 Å². The average Bonchev–Trinajstić information content (AvgIpc) is 2.47. The third-order valence-corrected chi connectivity index (χ3v) is 4.74. The van der Waals surface area contributed by atoms with E-state index in [4.69, 9.17) is 5.26 Å². The second-order valence-electron chi connectivity index (χ2n) is 5.42. The van der Waals surface area contributed by atoms with Gasteiger partial charge in [0.25, 0.3) is 0 Å². The van der Waals surface area contributed by atoms with Crippen molar-refractivity contribution in [2.75, 3.05) is 6.26 Å². The lowest BCUT2D eigenvalue weighted by Gasteiger charge is -2.16. The van der Waals surface area contributed by atoms with Gasteiger partial charge in [-0.3, -0.25) is 4.79 Å². The third-order valence-electron chi connectivity index (χ3n) is 3.61. The lowest BCUT2D eigenvalue weighted by Crippen LogP contribution is -2.26. The highest BCUT2D eigenvalue weighted by Gasteiger charge is 2.15. The molecular formula is C16H18N2O3S. The van der Waals surface area contributed by atoms with E-state index in [1.807, 2.05) is 0 Å². The quantitative estimate of drug-likeness (QED) is 0.921. The van der Waals surface area contributed by atoms with Gasteiger partial charge < -0.3 is 5.32 Å². The highest BCUT2D eigenvalue weighted by molar-refractivity contribution is 7.90. The van der Waals surface area contributed by atoms with Crippen molar-refractivity contribution in [3.05, 3.63) is 41.1 Å². The number of nitrogens with one attached hydrogen (secondary N) is 1. The minimum Gasteiger partial charge on any atom is -0.329 e. The van der Waals surface area contributed by atoms with Crippen molar-refractivity contribution in [3.8, 4) is 6.07 Å². The largest absolute Gasteiger partial charge is 0.329 e. The number of allylic oxidation sites excluding steroid dienone is 2. The Hall–Kier alpha value is -2.13. The molecule has 0 unspecified atom stereocenters. The summed E-state index contributed by atoms with van der Waals surface area (Å²) >= 11 is 0. The molecular weight excluding hydrogens is 300 g/mol. The van der Waals surface area contributed by atoms with Gasteiger partial charge in [-0.05, 0) is 43.4 Å². The maximum atomic E-state index is 12.1. The Labute approximate surface area is 130 Å². The van der Waals surface area contributed by atoms with E-state index < -0.39 is 9.84 Å². The van der Waals surface area contributed by atoms with Crippen molar-refractivity contribution < 1.29 is 13.2 Å². The Balaban J connectivity index is 2.04. The summed E-state index contributed by atoms with van der Waals surface area (Å²) in [6.07, 6.45) is 4.70. The number of nitrogens with zero attached hydrogens (tertiary/aromatic N) is 1. The normalized spacial score (nSPS) is 15.3. The van der Waals surface area contributed by atoms with Gasteiger partial charge in [0, 0.05) is 17.5 Å². The molecule has 1 aliphatic rings. The lowest BCUT2D eigenvalue weighted by molar-refractivity contribution is -0.119. The molecule has 22 heavy (non-hydrogen) atoms. The molecule has 1 aromatic rings. The van der Waals surface area contributed by atoms with Gasteiger partial charge in [0.2, 0.25) is 5.91 Å². The molecule has 0 fully saturated rings. The maximum Gasteiger partial charge on any atom is 0.228 e. The molecule has 0 saturated heterocycles. The molecule has 0 radical (unpaired) electrons. The lowest BCUT2D eigenvalue weighted by atomic mass is 9.97. The smallest absolute Gasteiger partial charge is 0.228 e. The fraction of sp³-hybridized carbons (Fsp3) is 0.375. The Morgan fingerprint density at radius 2 is 1.86 bits per heavy atom. The number of benzene rings is 1. The van der Waals surface area contributed by atoms with Crippen molar-refractivity contribution in [1.29, 1.82) is 5.26 Å². The Morgan fingerprint density at radius 3 is 2.45 bits per heavy atom. The number of rotatable bonds is 4. The molecule has 0 atom stereocenters. The van der Waals surface area contributed by atoms with Crippen LogP contribution >= 0.6 is 0 Å². The van der Waals surface area contributed by atoms with Gasteiger partial charge in [-0.1, -0.05) is 12.1 Å². The zero-order valence-electron chi connectivity index (χ0n) is 12.4. The van der Waals surface area contributed by atoms with Crippen molar-refractivity contribution in [2.45, 2.75) is 37.0 Å². The molecule has 1 aromatic carbocycles. The summed E-state index contributed by atoms with van der Waals surface area (Å²) in [6, 6.07) is 8.41. The van der Waals surface area contributed by atoms with E-state index in [9.17, 15) is 13.2 Å². The van der Waals surface area contributed by atoms with Crippen LogP contribution in [0.15, 0.2) is 40.4 Å². The van der Waals surface area contributed by atoms with Crippen LogP contribution in [0.4, 0.5) is 0 Å². The molecule has 1 aliphatic carbocycles. The first kappa shape index (κ1) is 16.2. The number of hydrogen-bond donors (Lipinski definition) is 1. The molecule has 0 heterocycles. The standard InChI is InChI=1S/C16H18N2O3S/c1-22(20,21)14-8-6-12(7-9-14)10-16(19)18-15-5-3-2-4-13(15)11-17/h6-9H,2-5,10H2,1H3,(H,18,19). The van der Waals surface area contributed by atoms with Gasteiger partial charge in [0.15, 0.2) is 9.84 Å². The zero-order valence-corrected chi connectivity index (χ0v) is 13.2. The summed E-state index contributed by atoms with van der Waals surface area (Å²) in [7, 11) is -3.23. The van der Waals surface area contributed by atoms with E-state index in [1.165, 1.54) is 12.1 Å². The predicted molar refractivity (Wildman–Crippen MR) is 82.5 cm³/mol. The first-order valence-corrected chi connectivity index (χ1v) is 9.00. The number of nitriles is 1. The molecule has 1 N–H and O–H groups in total. The van der Waals surface area contributed by atoms with Crippen LogP contribution in [0.2, 0.25) is 0 Å². The highest BCUT2D eigenvalue weighted by atomic mass is 32.2. The fourth-order valence-electron chi connectivity index (χ4n) is 2.42. The van der Waals surface area contributed by atoms with E-state index in [-0.39, 0.29) is 17.2 Å². The van der Waals surface area contributed by atoms with Crippen molar-refractivity contribution in [3.63, 3.8) is 0 Å². The molecule has 6 heteroatoms. The van der Waals surface area contributed by atoms with Crippen LogP contribution in [-0.2, 0) is 21.1 Å². The summed E-state index contributed by atoms with van der Waals surface area (Å²) in [5.41, 5.74) is 2.12. The molecule has 0 aromatic heterocycles. The van der Waals surface area contributed by atoms with Gasteiger partial charge in [-0.15, -0.1) is 0 Å². The molecule has 0 aliphatic heterocycles. The summed E-state index contributed by atoms with van der Waals surface area (Å²) in [5.74, 6) is -0.184. The fourth-order valence-corrected chi connectivity index (χ4v) is 3.05. The van der Waals surface area contributed by atoms with Crippen LogP contribution in [0.25, 0.3) is 0 Å². The molecule has 1 amide bonds. The van der Waals surface area contributed by atoms with Crippen LogP contribution in [0.3, 0.4) is 0 Å².